The molecule has 0 aliphatic carbocycles. The van der Waals surface area contributed by atoms with Gasteiger partial charge in [0.05, 0.1) is 7.11 Å². The average Bonchev–Trinajstić information content (AvgIpc) is 2.89. The number of anilines is 1. The lowest BCUT2D eigenvalue weighted by atomic mass is 10.0. The van der Waals surface area contributed by atoms with Gasteiger partial charge in [0.1, 0.15) is 10.6 Å². The van der Waals surface area contributed by atoms with E-state index in [4.69, 9.17) is 16.3 Å². The van der Waals surface area contributed by atoms with Crippen LogP contribution in [0.25, 0.3) is 11.1 Å². The fourth-order valence-corrected chi connectivity index (χ4v) is 3.79. The number of nitrogens with one attached hydrogen (secondary N) is 1. The van der Waals surface area contributed by atoms with Crippen LogP contribution in [0.3, 0.4) is 0 Å². The van der Waals surface area contributed by atoms with Gasteiger partial charge in [-0.2, -0.15) is 0 Å². The van der Waals surface area contributed by atoms with E-state index in [-0.39, 0.29) is 5.91 Å². The topological polar surface area (TPSA) is 55.4 Å². The highest BCUT2D eigenvalue weighted by atomic mass is 79.9. The van der Waals surface area contributed by atoms with Gasteiger partial charge in [-0.3, -0.25) is 4.79 Å². The Labute approximate surface area is 158 Å². The number of hydrogen-bond donors (Lipinski definition) is 1. The Hall–Kier alpha value is -1.37. The molecule has 1 amide bonds. The number of carbonyl (C=O) groups is 2. The molecule has 7 heteroatoms. The second-order valence-corrected chi connectivity index (χ2v) is 7.59. The Morgan fingerprint density at radius 1 is 1.29 bits per heavy atom. The van der Waals surface area contributed by atoms with Crippen molar-refractivity contribution in [3.63, 3.8) is 0 Å². The van der Waals surface area contributed by atoms with Crippen molar-refractivity contribution in [2.24, 2.45) is 0 Å². The zero-order chi connectivity index (χ0) is 17.7. The summed E-state index contributed by atoms with van der Waals surface area (Å²) in [5.74, 6) is -0.209. The standard InChI is InChI=1S/C17H17BrClNO3S/c1-10-14(11-5-7-12(18)8-6-11)15(17(22)23-2)16(24-10)20-13(21)4-3-9-19/h5-8H,3-4,9H2,1-2H3,(H,20,21). The number of ether oxygens (including phenoxy) is 1. The first-order valence-electron chi connectivity index (χ1n) is 7.31. The maximum Gasteiger partial charge on any atom is 0.341 e. The predicted octanol–water partition coefficient (Wildman–Crippen LogP) is 5.23. The molecule has 0 aliphatic heterocycles. The maximum absolute atomic E-state index is 12.3. The van der Waals surface area contributed by atoms with Crippen LogP contribution in [0, 0.1) is 6.92 Å². The van der Waals surface area contributed by atoms with Gasteiger partial charge in [0.2, 0.25) is 5.91 Å². The summed E-state index contributed by atoms with van der Waals surface area (Å²) in [6.45, 7) is 1.92. The average molecular weight is 431 g/mol. The number of carbonyl (C=O) groups excluding carboxylic acids is 2. The SMILES string of the molecule is COC(=O)c1c(NC(=O)CCCCl)sc(C)c1-c1ccc(Br)cc1. The van der Waals surface area contributed by atoms with Crippen LogP contribution >= 0.6 is 38.9 Å². The highest BCUT2D eigenvalue weighted by Crippen LogP contribution is 2.40. The molecule has 4 nitrogen and oxygen atoms in total. The van der Waals surface area contributed by atoms with Crippen LogP contribution < -0.4 is 5.32 Å². The highest BCUT2D eigenvalue weighted by molar-refractivity contribution is 9.10. The number of rotatable bonds is 6. The molecule has 0 saturated carbocycles. The van der Waals surface area contributed by atoms with Crippen LogP contribution in [0.15, 0.2) is 28.7 Å². The summed E-state index contributed by atoms with van der Waals surface area (Å²) in [5.41, 5.74) is 2.07. The van der Waals surface area contributed by atoms with E-state index in [0.29, 0.717) is 29.3 Å². The van der Waals surface area contributed by atoms with Crippen molar-refractivity contribution in [3.05, 3.63) is 39.2 Å². The second-order valence-electron chi connectivity index (χ2n) is 5.08. The molecule has 128 valence electrons. The Bertz CT molecular complexity index is 743. The molecule has 0 radical (unpaired) electrons. The second kappa shape index (κ2) is 8.65. The summed E-state index contributed by atoms with van der Waals surface area (Å²) >= 11 is 10.4. The molecule has 0 saturated heterocycles. The predicted molar refractivity (Wildman–Crippen MR) is 102 cm³/mol. The number of amides is 1. The number of hydrogen-bond acceptors (Lipinski definition) is 4. The van der Waals surface area contributed by atoms with Crippen LogP contribution in [0.5, 0.6) is 0 Å². The van der Waals surface area contributed by atoms with Crippen molar-refractivity contribution >= 4 is 55.7 Å². The molecule has 2 rings (SSSR count). The number of alkyl halides is 1. The smallest absolute Gasteiger partial charge is 0.341 e. The van der Waals surface area contributed by atoms with Gasteiger partial charge < -0.3 is 10.1 Å². The van der Waals surface area contributed by atoms with Gasteiger partial charge >= 0.3 is 5.97 Å². The molecule has 0 fully saturated rings. The first-order valence-corrected chi connectivity index (χ1v) is 9.45. The summed E-state index contributed by atoms with van der Waals surface area (Å²) in [6.07, 6.45) is 0.902. The Balaban J connectivity index is 2.45. The van der Waals surface area contributed by atoms with Gasteiger partial charge in [0.15, 0.2) is 0 Å². The van der Waals surface area contributed by atoms with E-state index in [1.54, 1.807) is 0 Å². The third-order valence-corrected chi connectivity index (χ3v) is 5.21. The minimum absolute atomic E-state index is 0.163. The third kappa shape index (κ3) is 4.37. The van der Waals surface area contributed by atoms with E-state index in [1.165, 1.54) is 18.4 Å². The van der Waals surface area contributed by atoms with Gasteiger partial charge in [-0.25, -0.2) is 4.79 Å². The van der Waals surface area contributed by atoms with E-state index in [9.17, 15) is 9.59 Å². The van der Waals surface area contributed by atoms with Crippen molar-refractivity contribution in [3.8, 4) is 11.1 Å². The monoisotopic (exact) mass is 429 g/mol. The van der Waals surface area contributed by atoms with E-state index in [1.807, 2.05) is 31.2 Å². The lowest BCUT2D eigenvalue weighted by molar-refractivity contribution is -0.116. The molecule has 0 bridgehead atoms. The van der Waals surface area contributed by atoms with Gasteiger partial charge in [-0.1, -0.05) is 28.1 Å². The van der Waals surface area contributed by atoms with E-state index >= 15 is 0 Å². The normalized spacial score (nSPS) is 10.5. The third-order valence-electron chi connectivity index (χ3n) is 3.40. The van der Waals surface area contributed by atoms with Crippen LogP contribution in [-0.4, -0.2) is 24.9 Å². The first-order chi connectivity index (χ1) is 11.5. The summed E-state index contributed by atoms with van der Waals surface area (Å²) in [4.78, 5) is 25.3. The van der Waals surface area contributed by atoms with Crippen LogP contribution in [0.1, 0.15) is 28.1 Å². The van der Waals surface area contributed by atoms with Gasteiger partial charge in [0.25, 0.3) is 0 Å². The molecule has 1 aromatic carbocycles. The van der Waals surface area contributed by atoms with Crippen LogP contribution in [0.2, 0.25) is 0 Å². The number of aryl methyl sites for hydroxylation is 1. The number of thiophene rings is 1. The summed E-state index contributed by atoms with van der Waals surface area (Å²) < 4.78 is 5.88. The molecule has 1 heterocycles. The molecule has 24 heavy (non-hydrogen) atoms. The van der Waals surface area contributed by atoms with Gasteiger partial charge in [-0.05, 0) is 31.0 Å². The Morgan fingerprint density at radius 2 is 1.96 bits per heavy atom. The molecular formula is C17H17BrClNO3S. The van der Waals surface area contributed by atoms with Crippen molar-refractivity contribution in [2.45, 2.75) is 19.8 Å². The maximum atomic E-state index is 12.3. The summed E-state index contributed by atoms with van der Waals surface area (Å²) in [6, 6.07) is 7.66. The zero-order valence-electron chi connectivity index (χ0n) is 13.3. The highest BCUT2D eigenvalue weighted by Gasteiger charge is 2.24. The lowest BCUT2D eigenvalue weighted by Gasteiger charge is -2.08. The van der Waals surface area contributed by atoms with E-state index in [2.05, 4.69) is 21.2 Å². The molecule has 0 spiro atoms. The molecule has 2 aromatic rings. The molecule has 0 atom stereocenters. The van der Waals surface area contributed by atoms with Crippen molar-refractivity contribution in [2.75, 3.05) is 18.3 Å². The summed E-state index contributed by atoms with van der Waals surface area (Å²) in [7, 11) is 1.33. The summed E-state index contributed by atoms with van der Waals surface area (Å²) in [5, 5.41) is 3.32. The molecule has 1 N–H and O–H groups in total. The van der Waals surface area contributed by atoms with Gasteiger partial charge in [0, 0.05) is 27.2 Å². The number of methoxy groups -OCH3 is 1. The lowest BCUT2D eigenvalue weighted by Crippen LogP contribution is -2.13. The van der Waals surface area contributed by atoms with E-state index in [0.717, 1.165) is 20.5 Å². The van der Waals surface area contributed by atoms with E-state index < -0.39 is 5.97 Å². The first kappa shape index (κ1) is 19.0. The van der Waals surface area contributed by atoms with Crippen LogP contribution in [-0.2, 0) is 9.53 Å². The quantitative estimate of drug-likeness (QED) is 0.504. The van der Waals surface area contributed by atoms with Gasteiger partial charge in [-0.15, -0.1) is 22.9 Å². The van der Waals surface area contributed by atoms with Crippen LogP contribution in [0.4, 0.5) is 5.00 Å². The number of benzene rings is 1. The molecule has 1 aromatic heterocycles. The fourth-order valence-electron chi connectivity index (χ4n) is 2.31. The fraction of sp³-hybridized carbons (Fsp3) is 0.294. The Kier molecular flexibility index (Phi) is 6.83. The number of halogens is 2. The minimum Gasteiger partial charge on any atom is -0.465 e. The largest absolute Gasteiger partial charge is 0.465 e. The number of esters is 1. The van der Waals surface area contributed by atoms with Crippen molar-refractivity contribution in [1.29, 1.82) is 0 Å². The Morgan fingerprint density at radius 3 is 2.54 bits per heavy atom. The van der Waals surface area contributed by atoms with Crippen molar-refractivity contribution in [1.82, 2.24) is 0 Å². The minimum atomic E-state index is -0.468. The molecule has 0 aliphatic rings. The molecule has 0 unspecified atom stereocenters. The van der Waals surface area contributed by atoms with Crippen molar-refractivity contribution < 1.29 is 14.3 Å². The zero-order valence-corrected chi connectivity index (χ0v) is 16.5. The molecular weight excluding hydrogens is 414 g/mol.